The van der Waals surface area contributed by atoms with Crippen LogP contribution < -0.4 is 5.73 Å². The van der Waals surface area contributed by atoms with Gasteiger partial charge in [-0.15, -0.1) is 0 Å². The first-order valence-corrected chi connectivity index (χ1v) is 8.91. The van der Waals surface area contributed by atoms with E-state index >= 15 is 0 Å². The number of rotatable bonds is 5. The van der Waals surface area contributed by atoms with Crippen molar-refractivity contribution in [3.8, 4) is 0 Å². The summed E-state index contributed by atoms with van der Waals surface area (Å²) in [6.45, 7) is 3.71. The topological polar surface area (TPSA) is 72.6 Å². The summed E-state index contributed by atoms with van der Waals surface area (Å²) < 4.78 is 32.4. The summed E-state index contributed by atoms with van der Waals surface area (Å²) >= 11 is 6.07. The summed E-state index contributed by atoms with van der Waals surface area (Å²) in [5.74, 6) is 0. The summed E-state index contributed by atoms with van der Waals surface area (Å²) in [5.41, 5.74) is 6.28. The Kier molecular flexibility index (Phi) is 5.62. The summed E-state index contributed by atoms with van der Waals surface area (Å²) in [5, 5.41) is 0.386. The molecule has 1 aromatic rings. The van der Waals surface area contributed by atoms with Crippen LogP contribution in [0.25, 0.3) is 0 Å². The molecule has 1 unspecified atom stereocenters. The molecule has 118 valence electrons. The first-order valence-electron chi connectivity index (χ1n) is 7.09. The Morgan fingerprint density at radius 3 is 2.86 bits per heavy atom. The average Bonchev–Trinajstić information content (AvgIpc) is 2.48. The Labute approximate surface area is 131 Å². The molecule has 21 heavy (non-hydrogen) atoms. The molecule has 1 heterocycles. The zero-order chi connectivity index (χ0) is 15.5. The predicted molar refractivity (Wildman–Crippen MR) is 82.8 cm³/mol. The number of benzene rings is 1. The highest BCUT2D eigenvalue weighted by molar-refractivity contribution is 7.89. The Balaban J connectivity index is 2.23. The third-order valence-corrected chi connectivity index (χ3v) is 5.84. The highest BCUT2D eigenvalue weighted by atomic mass is 35.5. The molecule has 2 N–H and O–H groups in total. The van der Waals surface area contributed by atoms with Gasteiger partial charge in [-0.05, 0) is 37.5 Å². The van der Waals surface area contributed by atoms with Gasteiger partial charge in [-0.1, -0.05) is 17.7 Å². The number of hydrogen-bond acceptors (Lipinski definition) is 4. The molecule has 2 rings (SSSR count). The number of sulfonamides is 1. The number of hydrogen-bond donors (Lipinski definition) is 1. The van der Waals surface area contributed by atoms with E-state index < -0.39 is 10.0 Å². The van der Waals surface area contributed by atoms with Crippen molar-refractivity contribution in [2.75, 3.05) is 19.7 Å². The molecule has 1 aliphatic heterocycles. The van der Waals surface area contributed by atoms with Crippen molar-refractivity contribution in [2.24, 2.45) is 5.73 Å². The van der Waals surface area contributed by atoms with E-state index in [9.17, 15) is 8.42 Å². The SMILES string of the molecule is CCOC1CCCN(S(=O)(=O)c2ccc(CN)c(Cl)c2)C1. The fraction of sp³-hybridized carbons (Fsp3) is 0.571. The fourth-order valence-electron chi connectivity index (χ4n) is 2.50. The van der Waals surface area contributed by atoms with E-state index in [4.69, 9.17) is 22.1 Å². The molecule has 1 saturated heterocycles. The quantitative estimate of drug-likeness (QED) is 0.895. The second-order valence-corrected chi connectivity index (χ2v) is 7.39. The van der Waals surface area contributed by atoms with Crippen LogP contribution in [0.4, 0.5) is 0 Å². The molecule has 0 aromatic heterocycles. The minimum atomic E-state index is -3.53. The van der Waals surface area contributed by atoms with Gasteiger partial charge in [-0.25, -0.2) is 8.42 Å². The van der Waals surface area contributed by atoms with Crippen molar-refractivity contribution in [3.63, 3.8) is 0 Å². The molecule has 0 spiro atoms. The van der Waals surface area contributed by atoms with Crippen molar-refractivity contribution in [3.05, 3.63) is 28.8 Å². The van der Waals surface area contributed by atoms with E-state index in [1.165, 1.54) is 10.4 Å². The Hall–Kier alpha value is -0.660. The minimum absolute atomic E-state index is 0.0303. The van der Waals surface area contributed by atoms with Gasteiger partial charge in [0.25, 0.3) is 0 Å². The van der Waals surface area contributed by atoms with Gasteiger partial charge < -0.3 is 10.5 Å². The smallest absolute Gasteiger partial charge is 0.243 e. The highest BCUT2D eigenvalue weighted by Gasteiger charge is 2.30. The fourth-order valence-corrected chi connectivity index (χ4v) is 4.36. The van der Waals surface area contributed by atoms with E-state index in [0.717, 1.165) is 18.4 Å². The second-order valence-electron chi connectivity index (χ2n) is 5.04. The molecule has 1 atom stereocenters. The van der Waals surface area contributed by atoms with Crippen molar-refractivity contribution < 1.29 is 13.2 Å². The molecule has 1 aliphatic rings. The zero-order valence-corrected chi connectivity index (χ0v) is 13.7. The maximum absolute atomic E-state index is 12.7. The number of piperidine rings is 1. The lowest BCUT2D eigenvalue weighted by Gasteiger charge is -2.31. The van der Waals surface area contributed by atoms with Crippen LogP contribution in [0.2, 0.25) is 5.02 Å². The number of halogens is 1. The molecular formula is C14H21ClN2O3S. The molecule has 0 saturated carbocycles. The molecule has 0 bridgehead atoms. The van der Waals surface area contributed by atoms with Gasteiger partial charge in [0.1, 0.15) is 0 Å². The predicted octanol–water partition coefficient (Wildman–Crippen LogP) is 1.99. The van der Waals surface area contributed by atoms with Gasteiger partial charge in [-0.3, -0.25) is 0 Å². The van der Waals surface area contributed by atoms with Gasteiger partial charge in [0.2, 0.25) is 10.0 Å². The van der Waals surface area contributed by atoms with Gasteiger partial charge in [0, 0.05) is 31.3 Å². The summed E-state index contributed by atoms with van der Waals surface area (Å²) in [4.78, 5) is 0.210. The van der Waals surface area contributed by atoms with E-state index in [-0.39, 0.29) is 17.5 Å². The molecule has 5 nitrogen and oxygen atoms in total. The lowest BCUT2D eigenvalue weighted by Crippen LogP contribution is -2.43. The van der Waals surface area contributed by atoms with Crippen LogP contribution in [-0.4, -0.2) is 38.5 Å². The molecule has 0 aliphatic carbocycles. The van der Waals surface area contributed by atoms with Crippen LogP contribution >= 0.6 is 11.6 Å². The molecule has 0 radical (unpaired) electrons. The van der Waals surface area contributed by atoms with Gasteiger partial charge in [0.05, 0.1) is 11.0 Å². The molecule has 1 aromatic carbocycles. The largest absolute Gasteiger partial charge is 0.377 e. The highest BCUT2D eigenvalue weighted by Crippen LogP contribution is 2.25. The summed E-state index contributed by atoms with van der Waals surface area (Å²) in [7, 11) is -3.53. The third-order valence-electron chi connectivity index (χ3n) is 3.63. The van der Waals surface area contributed by atoms with Crippen LogP contribution in [0.1, 0.15) is 25.3 Å². The number of ether oxygens (including phenoxy) is 1. The van der Waals surface area contributed by atoms with Gasteiger partial charge in [0.15, 0.2) is 0 Å². The second kappa shape index (κ2) is 7.07. The molecule has 0 amide bonds. The lowest BCUT2D eigenvalue weighted by molar-refractivity contribution is 0.0265. The van der Waals surface area contributed by atoms with Crippen molar-refractivity contribution in [2.45, 2.75) is 37.3 Å². The summed E-state index contributed by atoms with van der Waals surface area (Å²) in [6, 6.07) is 4.70. The summed E-state index contributed by atoms with van der Waals surface area (Å²) in [6.07, 6.45) is 1.67. The maximum Gasteiger partial charge on any atom is 0.243 e. The number of nitrogens with two attached hydrogens (primary N) is 1. The zero-order valence-electron chi connectivity index (χ0n) is 12.1. The van der Waals surface area contributed by atoms with E-state index in [1.807, 2.05) is 6.92 Å². The monoisotopic (exact) mass is 332 g/mol. The van der Waals surface area contributed by atoms with Gasteiger partial charge in [-0.2, -0.15) is 4.31 Å². The van der Waals surface area contributed by atoms with Crippen LogP contribution in [0.5, 0.6) is 0 Å². The van der Waals surface area contributed by atoms with E-state index in [1.54, 1.807) is 12.1 Å². The van der Waals surface area contributed by atoms with Gasteiger partial charge >= 0.3 is 0 Å². The molecule has 7 heteroatoms. The van der Waals surface area contributed by atoms with Crippen molar-refractivity contribution in [1.29, 1.82) is 0 Å². The van der Waals surface area contributed by atoms with E-state index in [0.29, 0.717) is 24.7 Å². The maximum atomic E-state index is 12.7. The normalized spacial score (nSPS) is 20.6. The van der Waals surface area contributed by atoms with Crippen LogP contribution in [0.15, 0.2) is 23.1 Å². The Morgan fingerprint density at radius 1 is 1.48 bits per heavy atom. The number of nitrogens with zero attached hydrogens (tertiary/aromatic N) is 1. The molecule has 1 fully saturated rings. The third kappa shape index (κ3) is 3.76. The first kappa shape index (κ1) is 16.7. The minimum Gasteiger partial charge on any atom is -0.377 e. The van der Waals surface area contributed by atoms with Crippen LogP contribution in [-0.2, 0) is 21.3 Å². The Morgan fingerprint density at radius 2 is 2.24 bits per heavy atom. The molecular weight excluding hydrogens is 312 g/mol. The first-order chi connectivity index (χ1) is 9.98. The van der Waals surface area contributed by atoms with Crippen molar-refractivity contribution in [1.82, 2.24) is 4.31 Å². The van der Waals surface area contributed by atoms with Crippen LogP contribution in [0, 0.1) is 0 Å². The standard InChI is InChI=1S/C14H21ClN2O3S/c1-2-20-12-4-3-7-17(10-12)21(18,19)13-6-5-11(9-16)14(15)8-13/h5-6,8,12H,2-4,7,9-10,16H2,1H3. The Bertz CT molecular complexity index is 590. The van der Waals surface area contributed by atoms with Crippen molar-refractivity contribution >= 4 is 21.6 Å². The van der Waals surface area contributed by atoms with Crippen LogP contribution in [0.3, 0.4) is 0 Å². The van der Waals surface area contributed by atoms with E-state index in [2.05, 4.69) is 0 Å². The average molecular weight is 333 g/mol. The lowest BCUT2D eigenvalue weighted by atomic mass is 10.1.